The van der Waals surface area contributed by atoms with Gasteiger partial charge in [0.1, 0.15) is 11.1 Å². The number of ether oxygens (including phenoxy) is 2. The van der Waals surface area contributed by atoms with E-state index >= 15 is 0 Å². The van der Waals surface area contributed by atoms with Gasteiger partial charge in [-0.3, -0.25) is 9.69 Å². The minimum Gasteiger partial charge on any atom is -0.453 e. The van der Waals surface area contributed by atoms with Gasteiger partial charge in [-0.15, -0.1) is 0 Å². The summed E-state index contributed by atoms with van der Waals surface area (Å²) in [4.78, 5) is 22.9. The van der Waals surface area contributed by atoms with E-state index in [1.165, 1.54) is 13.8 Å². The maximum absolute atomic E-state index is 13.0. The molecule has 1 amide bonds. The predicted octanol–water partition coefficient (Wildman–Crippen LogP) is 1.18. The maximum atomic E-state index is 13.0. The van der Waals surface area contributed by atoms with Gasteiger partial charge in [-0.05, 0) is 13.8 Å². The van der Waals surface area contributed by atoms with Crippen molar-refractivity contribution in [2.24, 2.45) is 5.41 Å². The van der Waals surface area contributed by atoms with Crippen LogP contribution in [0, 0.1) is 5.41 Å². The van der Waals surface area contributed by atoms with Gasteiger partial charge in [0, 0.05) is 0 Å². The molecule has 0 unspecified atom stereocenters. The number of fused-ring (bicyclic) bond motifs is 2. The third kappa shape index (κ3) is 2.39. The van der Waals surface area contributed by atoms with Gasteiger partial charge in [0.2, 0.25) is 6.23 Å². The van der Waals surface area contributed by atoms with Crippen LogP contribution in [0.25, 0.3) is 0 Å². The fraction of sp³-hybridized carbons (Fsp3) is 0.800. The molecule has 2 aliphatic heterocycles. The standard InChI is InChI=1S/C10H12BrF3N2O6S/c1-9(2)6-15(8(18)21-3)5(22-7(9)17)4(11)16(6)23(19,20)10(12,13)14/h4-6H,1-3H3/t4-,5+,6+/m0/s1. The second-order valence-corrected chi connectivity index (χ2v) is 8.19. The molecule has 0 aliphatic carbocycles. The van der Waals surface area contributed by atoms with E-state index in [9.17, 15) is 31.2 Å². The maximum Gasteiger partial charge on any atom is 0.511 e. The summed E-state index contributed by atoms with van der Waals surface area (Å²) in [6, 6.07) is 0. The minimum absolute atomic E-state index is 0.0134. The molecule has 0 saturated carbocycles. The van der Waals surface area contributed by atoms with Gasteiger partial charge in [0.05, 0.1) is 12.5 Å². The number of sulfonamides is 1. The Morgan fingerprint density at radius 2 is 1.91 bits per heavy atom. The zero-order chi connectivity index (χ0) is 18.0. The average molecular weight is 425 g/mol. The molecule has 0 N–H and O–H groups in total. The fourth-order valence-electron chi connectivity index (χ4n) is 2.49. The quantitative estimate of drug-likeness (QED) is 0.356. The van der Waals surface area contributed by atoms with E-state index in [1.807, 2.05) is 0 Å². The number of esters is 1. The van der Waals surface area contributed by atoms with Crippen molar-refractivity contribution in [3.8, 4) is 0 Å². The first-order valence-electron chi connectivity index (χ1n) is 6.09. The molecule has 2 saturated heterocycles. The second kappa shape index (κ2) is 5.21. The molecule has 0 radical (unpaired) electrons. The van der Waals surface area contributed by atoms with Gasteiger partial charge < -0.3 is 9.47 Å². The van der Waals surface area contributed by atoms with Crippen LogP contribution in [0.15, 0.2) is 0 Å². The zero-order valence-electron chi connectivity index (χ0n) is 12.0. The Morgan fingerprint density at radius 1 is 1.39 bits per heavy atom. The van der Waals surface area contributed by atoms with Crippen LogP contribution in [0.1, 0.15) is 13.8 Å². The van der Waals surface area contributed by atoms with Gasteiger partial charge >= 0.3 is 27.6 Å². The highest BCUT2D eigenvalue weighted by Gasteiger charge is 2.70. The Bertz CT molecular complexity index is 651. The first-order valence-corrected chi connectivity index (χ1v) is 8.45. The van der Waals surface area contributed by atoms with Crippen molar-refractivity contribution >= 4 is 38.0 Å². The Hall–Kier alpha value is -1.08. The van der Waals surface area contributed by atoms with E-state index in [1.54, 1.807) is 0 Å². The molecule has 2 aliphatic rings. The summed E-state index contributed by atoms with van der Waals surface area (Å²) in [5.74, 6) is -0.933. The van der Waals surface area contributed by atoms with Crippen molar-refractivity contribution in [1.29, 1.82) is 0 Å². The summed E-state index contributed by atoms with van der Waals surface area (Å²) in [6.07, 6.45) is -4.45. The highest BCUT2D eigenvalue weighted by Crippen LogP contribution is 2.49. The van der Waals surface area contributed by atoms with E-state index in [4.69, 9.17) is 4.74 Å². The smallest absolute Gasteiger partial charge is 0.453 e. The first-order chi connectivity index (χ1) is 10.3. The van der Waals surface area contributed by atoms with Crippen LogP contribution in [-0.4, -0.2) is 59.6 Å². The lowest BCUT2D eigenvalue weighted by Crippen LogP contribution is -2.61. The van der Waals surface area contributed by atoms with Crippen molar-refractivity contribution in [2.45, 2.75) is 36.7 Å². The van der Waals surface area contributed by atoms with Crippen LogP contribution in [0.3, 0.4) is 0 Å². The Labute approximate surface area is 137 Å². The summed E-state index contributed by atoms with van der Waals surface area (Å²) in [5.41, 5.74) is -7.36. The number of hydrogen-bond acceptors (Lipinski definition) is 6. The Balaban J connectivity index is 2.66. The number of hydrogen-bond donors (Lipinski definition) is 0. The van der Waals surface area contributed by atoms with Crippen LogP contribution in [0.4, 0.5) is 18.0 Å². The molecule has 132 valence electrons. The number of carbonyl (C=O) groups excluding carboxylic acids is 2. The fourth-order valence-corrected chi connectivity index (χ4v) is 4.98. The van der Waals surface area contributed by atoms with E-state index in [0.717, 1.165) is 7.11 Å². The van der Waals surface area contributed by atoms with E-state index in [-0.39, 0.29) is 4.31 Å². The van der Waals surface area contributed by atoms with Gasteiger partial charge in [0.15, 0.2) is 0 Å². The minimum atomic E-state index is -5.84. The lowest BCUT2D eigenvalue weighted by molar-refractivity contribution is -0.184. The average Bonchev–Trinajstić information content (AvgIpc) is 2.66. The molecule has 2 rings (SSSR count). The Kier molecular flexibility index (Phi) is 4.14. The summed E-state index contributed by atoms with van der Waals surface area (Å²) in [5, 5.41) is 0. The first kappa shape index (κ1) is 18.3. The molecule has 2 fully saturated rings. The monoisotopic (exact) mass is 424 g/mol. The lowest BCUT2D eigenvalue weighted by Gasteiger charge is -2.42. The number of amides is 1. The third-order valence-electron chi connectivity index (χ3n) is 3.61. The molecular formula is C10H12BrF3N2O6S. The summed E-state index contributed by atoms with van der Waals surface area (Å²) < 4.78 is 72.1. The molecule has 23 heavy (non-hydrogen) atoms. The van der Waals surface area contributed by atoms with Crippen molar-refractivity contribution < 1.29 is 40.7 Å². The molecule has 13 heteroatoms. The number of carbonyl (C=O) groups is 2. The highest BCUT2D eigenvalue weighted by atomic mass is 79.9. The zero-order valence-corrected chi connectivity index (χ0v) is 14.4. The third-order valence-corrected chi connectivity index (χ3v) is 6.34. The van der Waals surface area contributed by atoms with Gasteiger partial charge in [-0.1, -0.05) is 15.9 Å². The summed E-state index contributed by atoms with van der Waals surface area (Å²) >= 11 is 2.78. The van der Waals surface area contributed by atoms with Crippen LogP contribution in [-0.2, 0) is 24.3 Å². The predicted molar refractivity (Wildman–Crippen MR) is 71.2 cm³/mol. The van der Waals surface area contributed by atoms with Crippen molar-refractivity contribution in [3.05, 3.63) is 0 Å². The van der Waals surface area contributed by atoms with Gasteiger partial charge in [-0.2, -0.15) is 17.5 Å². The SMILES string of the molecule is COC(=O)N1[C@@H]2OC(=O)C(C)(C)[C@H]1N(S(=O)(=O)C(F)(F)F)[C@@H]2Br. The van der Waals surface area contributed by atoms with Crippen molar-refractivity contribution in [2.75, 3.05) is 7.11 Å². The molecular weight excluding hydrogens is 413 g/mol. The summed E-state index contributed by atoms with van der Waals surface area (Å²) in [7, 11) is -4.87. The van der Waals surface area contributed by atoms with Crippen molar-refractivity contribution in [1.82, 2.24) is 9.21 Å². The van der Waals surface area contributed by atoms with E-state index < -0.39 is 50.4 Å². The number of rotatable bonds is 1. The number of nitrogens with zero attached hydrogens (tertiary/aromatic N) is 2. The largest absolute Gasteiger partial charge is 0.511 e. The molecule has 0 aromatic heterocycles. The molecule has 8 nitrogen and oxygen atoms in total. The van der Waals surface area contributed by atoms with E-state index in [0.29, 0.717) is 4.90 Å². The lowest BCUT2D eigenvalue weighted by atomic mass is 9.88. The van der Waals surface area contributed by atoms with Crippen LogP contribution in [0.2, 0.25) is 0 Å². The molecule has 0 aromatic carbocycles. The van der Waals surface area contributed by atoms with Crippen molar-refractivity contribution in [3.63, 3.8) is 0 Å². The highest BCUT2D eigenvalue weighted by molar-refractivity contribution is 9.09. The number of alkyl halides is 4. The second-order valence-electron chi connectivity index (χ2n) is 5.42. The molecule has 0 spiro atoms. The van der Waals surface area contributed by atoms with Crippen LogP contribution in [0.5, 0.6) is 0 Å². The van der Waals surface area contributed by atoms with Gasteiger partial charge in [0.25, 0.3) is 0 Å². The van der Waals surface area contributed by atoms with Gasteiger partial charge in [-0.25, -0.2) is 13.2 Å². The topological polar surface area (TPSA) is 93.2 Å². The number of methoxy groups -OCH3 is 1. The molecule has 2 heterocycles. The molecule has 0 aromatic rings. The normalized spacial score (nSPS) is 31.0. The summed E-state index contributed by atoms with van der Waals surface area (Å²) in [6.45, 7) is 2.35. The number of halogens is 4. The molecule has 2 bridgehead atoms. The Morgan fingerprint density at radius 3 is 2.35 bits per heavy atom. The van der Waals surface area contributed by atoms with E-state index in [2.05, 4.69) is 20.7 Å². The van der Waals surface area contributed by atoms with Crippen LogP contribution >= 0.6 is 15.9 Å². The molecule has 3 atom stereocenters. The van der Waals surface area contributed by atoms with Crippen LogP contribution < -0.4 is 0 Å².